The van der Waals surface area contributed by atoms with Crippen LogP contribution in [-0.2, 0) is 0 Å². The van der Waals surface area contributed by atoms with Gasteiger partial charge in [-0.3, -0.25) is 4.98 Å². The van der Waals surface area contributed by atoms with Crippen LogP contribution in [0.3, 0.4) is 0 Å². The molecule has 6 heteroatoms. The maximum atomic E-state index is 5.90. The lowest BCUT2D eigenvalue weighted by atomic mass is 10.3. The van der Waals surface area contributed by atoms with Crippen LogP contribution in [0.5, 0.6) is 0 Å². The summed E-state index contributed by atoms with van der Waals surface area (Å²) in [7, 11) is 0. The molecule has 3 N–H and O–H groups in total. The molecule has 2 heterocycles. The van der Waals surface area contributed by atoms with Gasteiger partial charge in [0.25, 0.3) is 0 Å². The second-order valence-electron chi connectivity index (χ2n) is 3.34. The number of hydrogen-bond acceptors (Lipinski definition) is 4. The van der Waals surface area contributed by atoms with E-state index in [1.54, 1.807) is 23.0 Å². The third-order valence-corrected chi connectivity index (χ3v) is 3.48. The molecule has 0 aliphatic rings. The number of nitrogens with two attached hydrogens (primary N) is 1. The van der Waals surface area contributed by atoms with Crippen molar-refractivity contribution >= 4 is 44.0 Å². The van der Waals surface area contributed by atoms with Gasteiger partial charge in [-0.1, -0.05) is 15.9 Å². The van der Waals surface area contributed by atoms with Crippen molar-refractivity contribution < 1.29 is 0 Å². The Labute approximate surface area is 104 Å². The number of imidazole rings is 1. The van der Waals surface area contributed by atoms with E-state index < -0.39 is 0 Å². The molecular weight excluding hydrogens is 288 g/mol. The number of thiazole rings is 1. The molecule has 0 spiro atoms. The van der Waals surface area contributed by atoms with Crippen molar-refractivity contribution in [3.05, 3.63) is 28.3 Å². The molecule has 3 rings (SSSR count). The van der Waals surface area contributed by atoms with Crippen LogP contribution in [0.4, 0.5) is 5.69 Å². The quantitative estimate of drug-likeness (QED) is 0.678. The minimum absolute atomic E-state index is 0.663. The first-order chi connectivity index (χ1) is 7.74. The van der Waals surface area contributed by atoms with E-state index in [2.05, 4.69) is 30.9 Å². The van der Waals surface area contributed by atoms with Gasteiger partial charge < -0.3 is 10.7 Å². The zero-order valence-electron chi connectivity index (χ0n) is 8.07. The van der Waals surface area contributed by atoms with Crippen LogP contribution in [0.2, 0.25) is 0 Å². The van der Waals surface area contributed by atoms with Crippen LogP contribution < -0.4 is 5.73 Å². The van der Waals surface area contributed by atoms with Gasteiger partial charge in [-0.15, -0.1) is 11.3 Å². The number of rotatable bonds is 1. The van der Waals surface area contributed by atoms with Gasteiger partial charge in [-0.2, -0.15) is 0 Å². The Kier molecular flexibility index (Phi) is 2.19. The Balaban J connectivity index is 2.27. The van der Waals surface area contributed by atoms with Crippen LogP contribution in [-0.4, -0.2) is 15.0 Å². The average molecular weight is 295 g/mol. The Bertz CT molecular complexity index is 644. The minimum atomic E-state index is 0.663. The number of anilines is 1. The third kappa shape index (κ3) is 1.50. The van der Waals surface area contributed by atoms with Crippen molar-refractivity contribution in [3.8, 4) is 10.7 Å². The zero-order valence-corrected chi connectivity index (χ0v) is 10.5. The topological polar surface area (TPSA) is 67.6 Å². The second-order valence-corrected chi connectivity index (χ2v) is 5.14. The molecule has 1 aromatic carbocycles. The number of H-pyrrole nitrogens is 1. The lowest BCUT2D eigenvalue weighted by molar-refractivity contribution is 1.34. The highest BCUT2D eigenvalue weighted by molar-refractivity contribution is 9.10. The molecule has 16 heavy (non-hydrogen) atoms. The van der Waals surface area contributed by atoms with Gasteiger partial charge in [0, 0.05) is 10.7 Å². The molecule has 0 radical (unpaired) electrons. The predicted molar refractivity (Wildman–Crippen MR) is 69.3 cm³/mol. The van der Waals surface area contributed by atoms with E-state index >= 15 is 0 Å². The highest BCUT2D eigenvalue weighted by Gasteiger charge is 2.09. The fourth-order valence-corrected chi connectivity index (χ4v) is 2.60. The largest absolute Gasteiger partial charge is 0.397 e. The first-order valence-electron chi connectivity index (χ1n) is 4.57. The van der Waals surface area contributed by atoms with Gasteiger partial charge in [0.1, 0.15) is 11.3 Å². The van der Waals surface area contributed by atoms with Crippen LogP contribution >= 0.6 is 27.3 Å². The summed E-state index contributed by atoms with van der Waals surface area (Å²) in [5.74, 6) is 0.808. The number of hydrogen-bond donors (Lipinski definition) is 2. The standard InChI is InChI=1S/C10H7BrN4S/c11-5-1-6(12)9-7(2-5)14-10(15-9)8-3-13-4-16-8/h1-4H,12H2,(H,14,15). The summed E-state index contributed by atoms with van der Waals surface area (Å²) in [5, 5.41) is 0. The van der Waals surface area contributed by atoms with E-state index in [4.69, 9.17) is 5.73 Å². The van der Waals surface area contributed by atoms with Gasteiger partial charge in [-0.05, 0) is 12.1 Å². The predicted octanol–water partition coefficient (Wildman–Crippen LogP) is 3.03. The number of halogens is 1. The molecule has 80 valence electrons. The van der Waals surface area contributed by atoms with Gasteiger partial charge in [-0.25, -0.2) is 4.98 Å². The Morgan fingerprint density at radius 1 is 1.38 bits per heavy atom. The smallest absolute Gasteiger partial charge is 0.150 e. The van der Waals surface area contributed by atoms with Crippen LogP contribution in [0.25, 0.3) is 21.7 Å². The molecule has 2 aromatic heterocycles. The lowest BCUT2D eigenvalue weighted by Crippen LogP contribution is -1.86. The molecule has 3 aromatic rings. The van der Waals surface area contributed by atoms with E-state index in [0.29, 0.717) is 5.69 Å². The first kappa shape index (κ1) is 9.80. The van der Waals surface area contributed by atoms with Gasteiger partial charge in [0.05, 0.1) is 21.6 Å². The van der Waals surface area contributed by atoms with Crippen LogP contribution in [0.1, 0.15) is 0 Å². The number of aromatic amines is 1. The summed E-state index contributed by atoms with van der Waals surface area (Å²) in [6.45, 7) is 0. The van der Waals surface area contributed by atoms with Gasteiger partial charge >= 0.3 is 0 Å². The van der Waals surface area contributed by atoms with E-state index in [1.807, 2.05) is 12.1 Å². The average Bonchev–Trinajstić information content (AvgIpc) is 2.82. The van der Waals surface area contributed by atoms with E-state index in [0.717, 1.165) is 26.2 Å². The summed E-state index contributed by atoms with van der Waals surface area (Å²) in [5.41, 5.74) is 10.1. The minimum Gasteiger partial charge on any atom is -0.397 e. The molecule has 0 aliphatic carbocycles. The Morgan fingerprint density at radius 3 is 3.00 bits per heavy atom. The van der Waals surface area contributed by atoms with Crippen molar-refractivity contribution in [2.75, 3.05) is 5.73 Å². The molecule has 0 amide bonds. The summed E-state index contributed by atoms with van der Waals surface area (Å²) < 4.78 is 0.942. The summed E-state index contributed by atoms with van der Waals surface area (Å²) >= 11 is 4.95. The highest BCUT2D eigenvalue weighted by Crippen LogP contribution is 2.28. The molecule has 0 unspecified atom stereocenters. The number of nitrogens with one attached hydrogen (secondary N) is 1. The maximum absolute atomic E-state index is 5.90. The van der Waals surface area contributed by atoms with Gasteiger partial charge in [0.15, 0.2) is 0 Å². The Hall–Kier alpha value is -1.40. The van der Waals surface area contributed by atoms with E-state index in [1.165, 1.54) is 0 Å². The van der Waals surface area contributed by atoms with Gasteiger partial charge in [0.2, 0.25) is 0 Å². The molecule has 4 nitrogen and oxygen atoms in total. The maximum Gasteiger partial charge on any atom is 0.150 e. The van der Waals surface area contributed by atoms with E-state index in [-0.39, 0.29) is 0 Å². The highest BCUT2D eigenvalue weighted by atomic mass is 79.9. The number of benzene rings is 1. The summed E-state index contributed by atoms with van der Waals surface area (Å²) in [6, 6.07) is 3.81. The van der Waals surface area contributed by atoms with Crippen molar-refractivity contribution in [3.63, 3.8) is 0 Å². The van der Waals surface area contributed by atoms with E-state index in [9.17, 15) is 0 Å². The number of nitrogen functional groups attached to an aromatic ring is 1. The van der Waals surface area contributed by atoms with Crippen molar-refractivity contribution in [1.82, 2.24) is 15.0 Å². The second kappa shape index (κ2) is 3.57. The van der Waals surface area contributed by atoms with Crippen molar-refractivity contribution in [2.24, 2.45) is 0 Å². The molecule has 0 bridgehead atoms. The molecule has 0 saturated heterocycles. The fraction of sp³-hybridized carbons (Fsp3) is 0. The molecule has 0 saturated carbocycles. The van der Waals surface area contributed by atoms with Crippen LogP contribution in [0.15, 0.2) is 28.3 Å². The fourth-order valence-electron chi connectivity index (χ4n) is 1.56. The molecular formula is C10H7BrN4S. The summed E-state index contributed by atoms with van der Waals surface area (Å²) in [6.07, 6.45) is 1.79. The first-order valence-corrected chi connectivity index (χ1v) is 6.25. The summed E-state index contributed by atoms with van der Waals surface area (Å²) in [4.78, 5) is 12.7. The Morgan fingerprint density at radius 2 is 2.25 bits per heavy atom. The molecule has 0 atom stereocenters. The third-order valence-electron chi connectivity index (χ3n) is 2.25. The normalized spacial score (nSPS) is 11.1. The number of nitrogens with zero attached hydrogens (tertiary/aromatic N) is 2. The molecule has 0 fully saturated rings. The van der Waals surface area contributed by atoms with Crippen molar-refractivity contribution in [1.29, 1.82) is 0 Å². The van der Waals surface area contributed by atoms with Crippen LogP contribution in [0, 0.1) is 0 Å². The SMILES string of the molecule is Nc1cc(Br)cc2[nH]c(-c3cncs3)nc12. The monoisotopic (exact) mass is 294 g/mol. The number of fused-ring (bicyclic) bond motifs is 1. The zero-order chi connectivity index (χ0) is 11.1. The van der Waals surface area contributed by atoms with Crippen molar-refractivity contribution in [2.45, 2.75) is 0 Å². The number of aromatic nitrogens is 3. The lowest BCUT2D eigenvalue weighted by Gasteiger charge is -1.94. The molecule has 0 aliphatic heterocycles.